The third-order valence-electron chi connectivity index (χ3n) is 3.64. The second-order valence-corrected chi connectivity index (χ2v) is 6.65. The van der Waals surface area contributed by atoms with Crippen LogP contribution >= 0.6 is 0 Å². The summed E-state index contributed by atoms with van der Waals surface area (Å²) >= 11 is 0. The summed E-state index contributed by atoms with van der Waals surface area (Å²) < 4.78 is 1.94. The van der Waals surface area contributed by atoms with Gasteiger partial charge >= 0.3 is 0 Å². The molecule has 0 saturated carbocycles. The zero-order valence-electron chi connectivity index (χ0n) is 13.4. The number of nitrogens with zero attached hydrogens (tertiary/aromatic N) is 4. The van der Waals surface area contributed by atoms with Crippen molar-refractivity contribution in [1.29, 1.82) is 0 Å². The van der Waals surface area contributed by atoms with Gasteiger partial charge in [-0.1, -0.05) is 38.1 Å². The quantitative estimate of drug-likeness (QED) is 0.798. The monoisotopic (exact) mass is 295 g/mol. The molecule has 2 aromatic heterocycles. The number of fused-ring (bicyclic) bond motifs is 1. The van der Waals surface area contributed by atoms with Crippen LogP contribution in [0.1, 0.15) is 32.5 Å². The van der Waals surface area contributed by atoms with Gasteiger partial charge in [0.05, 0.1) is 5.52 Å². The summed E-state index contributed by atoms with van der Waals surface area (Å²) in [5.74, 6) is 0.847. The molecule has 0 fully saturated rings. The molecule has 0 radical (unpaired) electrons. The summed E-state index contributed by atoms with van der Waals surface area (Å²) in [6, 6.07) is 12.0. The van der Waals surface area contributed by atoms with E-state index in [1.54, 1.807) is 0 Å². The Kier molecular flexibility index (Phi) is 3.56. The zero-order chi connectivity index (χ0) is 15.7. The molecule has 1 unspecified atom stereocenters. The van der Waals surface area contributed by atoms with Crippen molar-refractivity contribution >= 4 is 16.9 Å². The molecule has 1 N–H and O–H groups in total. The molecule has 5 heteroatoms. The lowest BCUT2D eigenvalue weighted by Gasteiger charge is -2.32. The molecule has 0 aliphatic rings. The number of aromatic nitrogens is 4. The molecule has 5 nitrogen and oxygen atoms in total. The number of anilines is 1. The van der Waals surface area contributed by atoms with E-state index in [9.17, 15) is 0 Å². The molecule has 3 aromatic rings. The Bertz CT molecular complexity index is 785. The molecule has 114 valence electrons. The molecule has 1 atom stereocenters. The maximum absolute atomic E-state index is 4.41. The highest BCUT2D eigenvalue weighted by molar-refractivity contribution is 5.74. The SMILES string of the molecule is Cc1ccnc(NC(n2nnc3ccccc32)C(C)(C)C)c1. The number of aryl methyl sites for hydroxylation is 1. The van der Waals surface area contributed by atoms with Gasteiger partial charge in [-0.3, -0.25) is 0 Å². The van der Waals surface area contributed by atoms with Crippen molar-refractivity contribution in [3.63, 3.8) is 0 Å². The Hall–Kier alpha value is -2.43. The van der Waals surface area contributed by atoms with E-state index in [1.807, 2.05) is 47.3 Å². The fraction of sp³-hybridized carbons (Fsp3) is 0.353. The van der Waals surface area contributed by atoms with Crippen LogP contribution in [-0.4, -0.2) is 20.0 Å². The average molecular weight is 295 g/mol. The summed E-state index contributed by atoms with van der Waals surface area (Å²) in [5, 5.41) is 12.1. The largest absolute Gasteiger partial charge is 0.348 e. The number of benzene rings is 1. The molecule has 3 rings (SSSR count). The highest BCUT2D eigenvalue weighted by Crippen LogP contribution is 2.32. The van der Waals surface area contributed by atoms with Gasteiger partial charge in [0.25, 0.3) is 0 Å². The molecular formula is C17H21N5. The van der Waals surface area contributed by atoms with E-state index in [0.29, 0.717) is 0 Å². The van der Waals surface area contributed by atoms with Gasteiger partial charge in [0.1, 0.15) is 17.5 Å². The minimum absolute atomic E-state index is 0.0470. The first-order chi connectivity index (χ1) is 10.4. The topological polar surface area (TPSA) is 55.6 Å². The lowest BCUT2D eigenvalue weighted by atomic mass is 9.92. The van der Waals surface area contributed by atoms with Crippen LogP contribution in [-0.2, 0) is 0 Å². The van der Waals surface area contributed by atoms with Gasteiger partial charge in [0.15, 0.2) is 0 Å². The van der Waals surface area contributed by atoms with E-state index >= 15 is 0 Å². The predicted octanol–water partition coefficient (Wildman–Crippen LogP) is 3.79. The fourth-order valence-electron chi connectivity index (χ4n) is 2.48. The summed E-state index contributed by atoms with van der Waals surface area (Å²) in [6.45, 7) is 8.59. The zero-order valence-corrected chi connectivity index (χ0v) is 13.4. The number of hydrogen-bond donors (Lipinski definition) is 1. The first kappa shape index (κ1) is 14.5. The molecule has 22 heavy (non-hydrogen) atoms. The van der Waals surface area contributed by atoms with E-state index < -0.39 is 0 Å². The number of para-hydroxylation sites is 1. The fourth-order valence-corrected chi connectivity index (χ4v) is 2.48. The van der Waals surface area contributed by atoms with Crippen LogP contribution in [0.5, 0.6) is 0 Å². The average Bonchev–Trinajstić information content (AvgIpc) is 2.87. The molecular weight excluding hydrogens is 274 g/mol. The van der Waals surface area contributed by atoms with Crippen molar-refractivity contribution in [2.45, 2.75) is 33.9 Å². The molecule has 2 heterocycles. The van der Waals surface area contributed by atoms with E-state index in [4.69, 9.17) is 0 Å². The maximum atomic E-state index is 4.41. The van der Waals surface area contributed by atoms with Gasteiger partial charge in [0, 0.05) is 11.6 Å². The summed E-state index contributed by atoms with van der Waals surface area (Å²) in [6.07, 6.45) is 1.77. The summed E-state index contributed by atoms with van der Waals surface area (Å²) in [7, 11) is 0. The minimum Gasteiger partial charge on any atom is -0.348 e. The van der Waals surface area contributed by atoms with Crippen molar-refractivity contribution < 1.29 is 0 Å². The van der Waals surface area contributed by atoms with Gasteiger partial charge in [-0.15, -0.1) is 5.10 Å². The second-order valence-electron chi connectivity index (χ2n) is 6.65. The second kappa shape index (κ2) is 5.40. The van der Waals surface area contributed by atoms with Gasteiger partial charge in [-0.25, -0.2) is 9.67 Å². The highest BCUT2D eigenvalue weighted by Gasteiger charge is 2.29. The Morgan fingerprint density at radius 1 is 1.14 bits per heavy atom. The van der Waals surface area contributed by atoms with E-state index in [-0.39, 0.29) is 11.6 Å². The molecule has 0 saturated heterocycles. The number of pyridine rings is 1. The first-order valence-corrected chi connectivity index (χ1v) is 7.44. The van der Waals surface area contributed by atoms with Gasteiger partial charge in [0.2, 0.25) is 0 Å². The van der Waals surface area contributed by atoms with Crippen molar-refractivity contribution in [3.8, 4) is 0 Å². The van der Waals surface area contributed by atoms with Crippen molar-refractivity contribution in [3.05, 3.63) is 48.2 Å². The van der Waals surface area contributed by atoms with E-state index in [1.165, 1.54) is 5.56 Å². The molecule has 0 aliphatic heterocycles. The highest BCUT2D eigenvalue weighted by atomic mass is 15.5. The minimum atomic E-state index is -0.0537. The van der Waals surface area contributed by atoms with Crippen LogP contribution in [0.25, 0.3) is 11.0 Å². The normalized spacial score (nSPS) is 13.3. The van der Waals surface area contributed by atoms with Crippen LogP contribution < -0.4 is 5.32 Å². The van der Waals surface area contributed by atoms with Gasteiger partial charge < -0.3 is 5.32 Å². The Labute approximate surface area is 130 Å². The van der Waals surface area contributed by atoms with Crippen molar-refractivity contribution in [2.75, 3.05) is 5.32 Å². The van der Waals surface area contributed by atoms with Crippen molar-refractivity contribution in [1.82, 2.24) is 20.0 Å². The number of nitrogens with one attached hydrogen (secondary N) is 1. The molecule has 1 aromatic carbocycles. The summed E-state index contributed by atoms with van der Waals surface area (Å²) in [5.41, 5.74) is 3.04. The van der Waals surface area contributed by atoms with Crippen LogP contribution in [0.15, 0.2) is 42.6 Å². The van der Waals surface area contributed by atoms with Crippen LogP contribution in [0.2, 0.25) is 0 Å². The number of rotatable bonds is 3. The van der Waals surface area contributed by atoms with Gasteiger partial charge in [-0.2, -0.15) is 0 Å². The summed E-state index contributed by atoms with van der Waals surface area (Å²) in [4.78, 5) is 4.41. The molecule has 0 amide bonds. The van der Waals surface area contributed by atoms with Gasteiger partial charge in [-0.05, 0) is 36.8 Å². The lowest BCUT2D eigenvalue weighted by Crippen LogP contribution is -2.32. The van der Waals surface area contributed by atoms with E-state index in [2.05, 4.69) is 48.3 Å². The third-order valence-corrected chi connectivity index (χ3v) is 3.64. The van der Waals surface area contributed by atoms with Crippen LogP contribution in [0.3, 0.4) is 0 Å². The Morgan fingerprint density at radius 3 is 2.64 bits per heavy atom. The smallest absolute Gasteiger partial charge is 0.129 e. The first-order valence-electron chi connectivity index (χ1n) is 7.44. The van der Waals surface area contributed by atoms with E-state index in [0.717, 1.165) is 16.9 Å². The Balaban J connectivity index is 2.04. The molecule has 0 bridgehead atoms. The van der Waals surface area contributed by atoms with Crippen LogP contribution in [0.4, 0.5) is 5.82 Å². The van der Waals surface area contributed by atoms with Crippen molar-refractivity contribution in [2.24, 2.45) is 5.41 Å². The maximum Gasteiger partial charge on any atom is 0.129 e. The van der Waals surface area contributed by atoms with Crippen LogP contribution in [0, 0.1) is 12.3 Å². The third kappa shape index (κ3) is 2.79. The Morgan fingerprint density at radius 2 is 1.91 bits per heavy atom. The molecule has 0 spiro atoms. The predicted molar refractivity (Wildman–Crippen MR) is 88.6 cm³/mol. The standard InChI is InChI=1S/C17H21N5/c1-12-9-10-18-15(11-12)19-16(17(2,3)4)22-14-8-6-5-7-13(14)20-21-22/h5-11,16H,1-4H3,(H,18,19). The molecule has 0 aliphatic carbocycles. The lowest BCUT2D eigenvalue weighted by molar-refractivity contribution is 0.255. The number of hydrogen-bond acceptors (Lipinski definition) is 4.